The normalized spacial score (nSPS) is 19.1. The zero-order chi connectivity index (χ0) is 17.6. The first-order chi connectivity index (χ1) is 12.2. The van der Waals surface area contributed by atoms with Crippen molar-refractivity contribution >= 4 is 28.9 Å². The summed E-state index contributed by atoms with van der Waals surface area (Å²) in [7, 11) is 1.60. The fourth-order valence-electron chi connectivity index (χ4n) is 2.81. The maximum Gasteiger partial charge on any atom is 0.286 e. The summed E-state index contributed by atoms with van der Waals surface area (Å²) in [5.74, 6) is 1.11. The smallest absolute Gasteiger partial charge is 0.286 e. The van der Waals surface area contributed by atoms with Crippen LogP contribution in [0.1, 0.15) is 24.8 Å². The summed E-state index contributed by atoms with van der Waals surface area (Å²) in [6.07, 6.45) is 7.12. The van der Waals surface area contributed by atoms with Crippen LogP contribution < -0.4 is 9.47 Å². The van der Waals surface area contributed by atoms with Crippen molar-refractivity contribution in [3.05, 3.63) is 41.3 Å². The largest absolute Gasteiger partial charge is 0.493 e. The minimum atomic E-state index is -0.170. The Morgan fingerprint density at radius 3 is 2.80 bits per heavy atom. The maximum atomic E-state index is 12.2. The SMILES string of the molecule is C=CCOc1ccc(/C=C2\SC(N3CCCCC3)=NC2=O)cc1OC. The predicted molar refractivity (Wildman–Crippen MR) is 102 cm³/mol. The van der Waals surface area contributed by atoms with Crippen molar-refractivity contribution in [2.24, 2.45) is 4.99 Å². The van der Waals surface area contributed by atoms with Gasteiger partial charge in [0.1, 0.15) is 6.61 Å². The summed E-state index contributed by atoms with van der Waals surface area (Å²) >= 11 is 1.45. The van der Waals surface area contributed by atoms with Gasteiger partial charge >= 0.3 is 0 Å². The number of ether oxygens (including phenoxy) is 2. The van der Waals surface area contributed by atoms with Gasteiger partial charge in [0.05, 0.1) is 12.0 Å². The standard InChI is InChI=1S/C19H22N2O3S/c1-3-11-24-15-8-7-14(12-16(15)23-2)13-17-18(22)20-19(25-17)21-9-5-4-6-10-21/h3,7-8,12-13H,1,4-6,9-11H2,2H3/b17-13-. The van der Waals surface area contributed by atoms with Crippen LogP contribution in [0.2, 0.25) is 0 Å². The number of thioether (sulfide) groups is 1. The molecule has 2 aliphatic rings. The van der Waals surface area contributed by atoms with E-state index in [1.54, 1.807) is 13.2 Å². The van der Waals surface area contributed by atoms with Crippen molar-refractivity contribution in [2.75, 3.05) is 26.8 Å². The molecule has 0 unspecified atom stereocenters. The van der Waals surface area contributed by atoms with Crippen molar-refractivity contribution in [1.82, 2.24) is 4.90 Å². The van der Waals surface area contributed by atoms with Gasteiger partial charge < -0.3 is 14.4 Å². The van der Waals surface area contributed by atoms with Crippen molar-refractivity contribution < 1.29 is 14.3 Å². The van der Waals surface area contributed by atoms with Crippen LogP contribution in [-0.2, 0) is 4.79 Å². The molecule has 1 fully saturated rings. The number of carbonyl (C=O) groups excluding carboxylic acids is 1. The Labute approximate surface area is 152 Å². The molecule has 1 saturated heterocycles. The lowest BCUT2D eigenvalue weighted by molar-refractivity contribution is -0.113. The molecular weight excluding hydrogens is 336 g/mol. The molecule has 5 nitrogen and oxygen atoms in total. The van der Waals surface area contributed by atoms with E-state index < -0.39 is 0 Å². The van der Waals surface area contributed by atoms with Crippen LogP contribution in [0.4, 0.5) is 0 Å². The van der Waals surface area contributed by atoms with Gasteiger partial charge in [-0.3, -0.25) is 4.79 Å². The summed E-state index contributed by atoms with van der Waals surface area (Å²) in [6.45, 7) is 6.02. The molecule has 0 saturated carbocycles. The van der Waals surface area contributed by atoms with E-state index in [1.807, 2.05) is 24.3 Å². The third-order valence-corrected chi connectivity index (χ3v) is 5.12. The topological polar surface area (TPSA) is 51.1 Å². The van der Waals surface area contributed by atoms with E-state index in [4.69, 9.17) is 9.47 Å². The van der Waals surface area contributed by atoms with Gasteiger partial charge in [0.15, 0.2) is 16.7 Å². The summed E-state index contributed by atoms with van der Waals surface area (Å²) in [5.41, 5.74) is 0.883. The van der Waals surface area contributed by atoms with Gasteiger partial charge in [0.2, 0.25) is 0 Å². The Kier molecular flexibility index (Phi) is 5.81. The van der Waals surface area contributed by atoms with Gasteiger partial charge in [-0.25, -0.2) is 0 Å². The highest BCUT2D eigenvalue weighted by Crippen LogP contribution is 2.34. The van der Waals surface area contributed by atoms with Gasteiger partial charge in [-0.15, -0.1) is 0 Å². The third kappa shape index (κ3) is 4.25. The number of carbonyl (C=O) groups is 1. The van der Waals surface area contributed by atoms with Crippen LogP contribution in [0.25, 0.3) is 6.08 Å². The van der Waals surface area contributed by atoms with E-state index in [2.05, 4.69) is 16.5 Å². The number of amidine groups is 1. The molecular formula is C19H22N2O3S. The van der Waals surface area contributed by atoms with E-state index in [-0.39, 0.29) is 5.91 Å². The molecule has 2 heterocycles. The Hall–Kier alpha value is -2.21. The van der Waals surface area contributed by atoms with Gasteiger partial charge in [0, 0.05) is 13.1 Å². The number of nitrogens with zero attached hydrogens (tertiary/aromatic N) is 2. The summed E-state index contributed by atoms with van der Waals surface area (Å²) in [4.78, 5) is 19.3. The van der Waals surface area contributed by atoms with Crippen molar-refractivity contribution in [3.63, 3.8) is 0 Å². The van der Waals surface area contributed by atoms with Crippen molar-refractivity contribution in [1.29, 1.82) is 0 Å². The van der Waals surface area contributed by atoms with Crippen molar-refractivity contribution in [3.8, 4) is 11.5 Å². The summed E-state index contributed by atoms with van der Waals surface area (Å²) < 4.78 is 10.9. The first-order valence-electron chi connectivity index (χ1n) is 8.40. The maximum absolute atomic E-state index is 12.2. The lowest BCUT2D eigenvalue weighted by Gasteiger charge is -2.27. The van der Waals surface area contributed by atoms with Crippen molar-refractivity contribution in [2.45, 2.75) is 19.3 Å². The van der Waals surface area contributed by atoms with Gasteiger partial charge in [0.25, 0.3) is 5.91 Å². The van der Waals surface area contributed by atoms with E-state index in [0.29, 0.717) is 23.0 Å². The Morgan fingerprint density at radius 2 is 2.08 bits per heavy atom. The molecule has 25 heavy (non-hydrogen) atoms. The van der Waals surface area contributed by atoms with E-state index in [9.17, 15) is 4.79 Å². The molecule has 1 aromatic carbocycles. The van der Waals surface area contributed by atoms with E-state index in [1.165, 1.54) is 18.2 Å². The number of benzene rings is 1. The van der Waals surface area contributed by atoms with Crippen LogP contribution in [-0.4, -0.2) is 42.8 Å². The molecule has 6 heteroatoms. The average molecular weight is 358 g/mol. The molecule has 0 radical (unpaired) electrons. The number of rotatable bonds is 5. The number of aliphatic imine (C=N–C) groups is 1. The van der Waals surface area contributed by atoms with Gasteiger partial charge in [-0.2, -0.15) is 4.99 Å². The molecule has 0 atom stereocenters. The summed E-state index contributed by atoms with van der Waals surface area (Å²) in [5, 5.41) is 0.828. The molecule has 0 aromatic heterocycles. The molecule has 0 N–H and O–H groups in total. The second-order valence-electron chi connectivity index (χ2n) is 5.87. The number of likely N-dealkylation sites (tertiary alicyclic amines) is 1. The second-order valence-corrected chi connectivity index (χ2v) is 6.88. The van der Waals surface area contributed by atoms with Gasteiger partial charge in [-0.05, 0) is 54.8 Å². The zero-order valence-corrected chi connectivity index (χ0v) is 15.2. The fraction of sp³-hybridized carbons (Fsp3) is 0.368. The molecule has 0 aliphatic carbocycles. The highest BCUT2D eigenvalue weighted by atomic mass is 32.2. The Balaban J connectivity index is 1.74. The third-order valence-electron chi connectivity index (χ3n) is 4.08. The Morgan fingerprint density at radius 1 is 1.28 bits per heavy atom. The van der Waals surface area contributed by atoms with Crippen LogP contribution in [0.15, 0.2) is 40.8 Å². The summed E-state index contributed by atoms with van der Waals surface area (Å²) in [6, 6.07) is 5.60. The van der Waals surface area contributed by atoms with E-state index >= 15 is 0 Å². The number of piperidine rings is 1. The molecule has 0 bridgehead atoms. The highest BCUT2D eigenvalue weighted by Gasteiger charge is 2.26. The Bertz CT molecular complexity index is 721. The zero-order valence-electron chi connectivity index (χ0n) is 14.4. The monoisotopic (exact) mass is 358 g/mol. The average Bonchev–Trinajstić information content (AvgIpc) is 3.02. The molecule has 1 aromatic rings. The number of hydrogen-bond donors (Lipinski definition) is 0. The minimum Gasteiger partial charge on any atom is -0.493 e. The lowest BCUT2D eigenvalue weighted by atomic mass is 10.1. The number of hydrogen-bond acceptors (Lipinski definition) is 5. The van der Waals surface area contributed by atoms with Crippen LogP contribution in [0.3, 0.4) is 0 Å². The quantitative estimate of drug-likeness (QED) is 0.593. The lowest BCUT2D eigenvalue weighted by Crippen LogP contribution is -2.33. The number of methoxy groups -OCH3 is 1. The minimum absolute atomic E-state index is 0.170. The molecule has 1 amide bonds. The molecule has 132 valence electrons. The first-order valence-corrected chi connectivity index (χ1v) is 9.22. The predicted octanol–water partition coefficient (Wildman–Crippen LogP) is 3.72. The van der Waals surface area contributed by atoms with Crippen LogP contribution in [0.5, 0.6) is 11.5 Å². The van der Waals surface area contributed by atoms with Crippen LogP contribution in [0, 0.1) is 0 Å². The first kappa shape index (κ1) is 17.6. The fourth-order valence-corrected chi connectivity index (χ4v) is 3.78. The van der Waals surface area contributed by atoms with Crippen LogP contribution >= 0.6 is 11.8 Å². The highest BCUT2D eigenvalue weighted by molar-refractivity contribution is 8.18. The molecule has 2 aliphatic heterocycles. The van der Waals surface area contributed by atoms with Gasteiger partial charge in [-0.1, -0.05) is 18.7 Å². The second kappa shape index (κ2) is 8.25. The number of amides is 1. The molecule has 3 rings (SSSR count). The van der Waals surface area contributed by atoms with E-state index in [0.717, 1.165) is 36.7 Å². The molecule has 0 spiro atoms.